The summed E-state index contributed by atoms with van der Waals surface area (Å²) in [6, 6.07) is 4.83. The second-order valence-electron chi connectivity index (χ2n) is 8.26. The summed E-state index contributed by atoms with van der Waals surface area (Å²) in [6.45, 7) is 4.63. The van der Waals surface area contributed by atoms with E-state index < -0.39 is 23.3 Å². The molecule has 29 heavy (non-hydrogen) atoms. The molecule has 3 saturated heterocycles. The number of imide groups is 1. The molecule has 0 saturated carbocycles. The molecule has 1 aromatic rings. The van der Waals surface area contributed by atoms with Gasteiger partial charge in [-0.25, -0.2) is 9.18 Å². The smallest absolute Gasteiger partial charge is 0.325 e. The first-order valence-electron chi connectivity index (χ1n) is 9.72. The van der Waals surface area contributed by atoms with E-state index in [1.807, 2.05) is 0 Å². The quantitative estimate of drug-likeness (QED) is 0.722. The van der Waals surface area contributed by atoms with E-state index in [0.29, 0.717) is 24.1 Å². The van der Waals surface area contributed by atoms with Gasteiger partial charge in [-0.3, -0.25) is 14.5 Å². The highest BCUT2D eigenvalue weighted by Gasteiger charge is 2.50. The number of piperidine rings is 1. The number of rotatable bonds is 3. The van der Waals surface area contributed by atoms with Crippen molar-refractivity contribution in [2.24, 2.45) is 5.41 Å². The number of halogens is 2. The van der Waals surface area contributed by atoms with Gasteiger partial charge in [0, 0.05) is 19.6 Å². The molecule has 7 nitrogen and oxygen atoms in total. The lowest BCUT2D eigenvalue weighted by atomic mass is 9.78. The number of likely N-dealkylation sites (tertiary alicyclic amines) is 1. The Bertz CT molecular complexity index is 802. The SMILES string of the molecule is CC1(c2ccc(F)cc2)NC(=O)N(CC(=O)N2CCC3(CCNC3)CC2)C1=O.Cl. The number of amides is 4. The summed E-state index contributed by atoms with van der Waals surface area (Å²) >= 11 is 0. The molecule has 0 aliphatic carbocycles. The number of urea groups is 1. The van der Waals surface area contributed by atoms with Crippen LogP contribution in [0.5, 0.6) is 0 Å². The van der Waals surface area contributed by atoms with Gasteiger partial charge in [-0.05, 0) is 55.8 Å². The van der Waals surface area contributed by atoms with Gasteiger partial charge in [0.25, 0.3) is 5.91 Å². The molecule has 3 heterocycles. The molecule has 1 spiro atoms. The Kier molecular flexibility index (Phi) is 5.87. The maximum atomic E-state index is 13.2. The van der Waals surface area contributed by atoms with Crippen LogP contribution >= 0.6 is 12.4 Å². The van der Waals surface area contributed by atoms with Gasteiger partial charge in [0.2, 0.25) is 5.91 Å². The molecule has 3 aliphatic rings. The first-order chi connectivity index (χ1) is 13.3. The standard InChI is InChI=1S/C20H25FN4O3.ClH/c1-19(14-2-4-15(21)5-3-14)17(27)25(18(28)23-19)12-16(26)24-10-7-20(8-11-24)6-9-22-13-20;/h2-5,22H,6-13H2,1H3,(H,23,28);1H. The Morgan fingerprint density at radius 1 is 1.14 bits per heavy atom. The predicted octanol–water partition coefficient (Wildman–Crippen LogP) is 1.62. The van der Waals surface area contributed by atoms with Crippen LogP contribution < -0.4 is 10.6 Å². The Labute approximate surface area is 175 Å². The zero-order valence-electron chi connectivity index (χ0n) is 16.4. The van der Waals surface area contributed by atoms with Crippen LogP contribution in [0.15, 0.2) is 24.3 Å². The lowest BCUT2D eigenvalue weighted by Crippen LogP contribution is -2.49. The van der Waals surface area contributed by atoms with Crippen LogP contribution in [0.1, 0.15) is 31.7 Å². The number of nitrogens with zero attached hydrogens (tertiary/aromatic N) is 2. The van der Waals surface area contributed by atoms with E-state index in [-0.39, 0.29) is 24.9 Å². The summed E-state index contributed by atoms with van der Waals surface area (Å²) in [5.74, 6) is -1.13. The highest BCUT2D eigenvalue weighted by Crippen LogP contribution is 2.37. The molecule has 0 aromatic heterocycles. The van der Waals surface area contributed by atoms with Crippen molar-refractivity contribution in [2.45, 2.75) is 31.7 Å². The molecule has 0 bridgehead atoms. The van der Waals surface area contributed by atoms with Gasteiger partial charge < -0.3 is 15.5 Å². The van der Waals surface area contributed by atoms with Gasteiger partial charge >= 0.3 is 6.03 Å². The van der Waals surface area contributed by atoms with Crippen LogP contribution in [-0.4, -0.2) is 60.4 Å². The van der Waals surface area contributed by atoms with Crippen molar-refractivity contribution in [3.05, 3.63) is 35.6 Å². The van der Waals surface area contributed by atoms with Crippen LogP contribution in [0.3, 0.4) is 0 Å². The first-order valence-corrected chi connectivity index (χ1v) is 9.72. The van der Waals surface area contributed by atoms with Gasteiger partial charge in [-0.1, -0.05) is 12.1 Å². The number of carbonyl (C=O) groups is 3. The summed E-state index contributed by atoms with van der Waals surface area (Å²) in [7, 11) is 0. The van der Waals surface area contributed by atoms with Crippen LogP contribution in [-0.2, 0) is 15.1 Å². The molecule has 4 amide bonds. The Morgan fingerprint density at radius 2 is 1.79 bits per heavy atom. The highest BCUT2D eigenvalue weighted by atomic mass is 35.5. The zero-order valence-corrected chi connectivity index (χ0v) is 17.2. The fourth-order valence-electron chi connectivity index (χ4n) is 4.51. The van der Waals surface area contributed by atoms with Crippen molar-refractivity contribution in [1.29, 1.82) is 0 Å². The van der Waals surface area contributed by atoms with Crippen molar-refractivity contribution < 1.29 is 18.8 Å². The molecule has 9 heteroatoms. The number of hydrogen-bond donors (Lipinski definition) is 2. The average Bonchev–Trinajstić information content (AvgIpc) is 3.21. The molecule has 1 atom stereocenters. The second-order valence-corrected chi connectivity index (χ2v) is 8.26. The maximum Gasteiger partial charge on any atom is 0.325 e. The molecule has 158 valence electrons. The maximum absolute atomic E-state index is 13.2. The van der Waals surface area contributed by atoms with Crippen molar-refractivity contribution in [3.63, 3.8) is 0 Å². The molecular weight excluding hydrogens is 399 g/mol. The summed E-state index contributed by atoms with van der Waals surface area (Å²) in [6.07, 6.45) is 3.02. The number of nitrogens with one attached hydrogen (secondary N) is 2. The van der Waals surface area contributed by atoms with E-state index in [1.165, 1.54) is 24.3 Å². The molecular formula is C20H26ClFN4O3. The molecule has 2 N–H and O–H groups in total. The summed E-state index contributed by atoms with van der Waals surface area (Å²) in [5, 5.41) is 6.04. The third kappa shape index (κ3) is 3.83. The number of carbonyl (C=O) groups excluding carboxylic acids is 3. The number of hydrogen-bond acceptors (Lipinski definition) is 4. The lowest BCUT2D eigenvalue weighted by Gasteiger charge is -2.39. The van der Waals surface area contributed by atoms with Crippen molar-refractivity contribution in [2.75, 3.05) is 32.7 Å². The summed E-state index contributed by atoms with van der Waals surface area (Å²) < 4.78 is 13.2. The minimum absolute atomic E-state index is 0. The van der Waals surface area contributed by atoms with Crippen molar-refractivity contribution >= 4 is 30.3 Å². The largest absolute Gasteiger partial charge is 0.341 e. The Hall–Kier alpha value is -2.19. The van der Waals surface area contributed by atoms with E-state index in [1.54, 1.807) is 11.8 Å². The zero-order chi connectivity index (χ0) is 19.9. The van der Waals surface area contributed by atoms with Crippen LogP contribution in [0.2, 0.25) is 0 Å². The Balaban J connectivity index is 0.00000240. The monoisotopic (exact) mass is 424 g/mol. The van der Waals surface area contributed by atoms with Gasteiger partial charge in [0.05, 0.1) is 0 Å². The van der Waals surface area contributed by atoms with Gasteiger partial charge in [-0.2, -0.15) is 0 Å². The third-order valence-corrected chi connectivity index (χ3v) is 6.50. The minimum atomic E-state index is -1.30. The summed E-state index contributed by atoms with van der Waals surface area (Å²) in [4.78, 5) is 40.8. The van der Waals surface area contributed by atoms with Gasteiger partial charge in [-0.15, -0.1) is 12.4 Å². The first kappa shape index (κ1) is 21.5. The lowest BCUT2D eigenvalue weighted by molar-refractivity contribution is -0.140. The number of benzene rings is 1. The second kappa shape index (κ2) is 7.91. The fourth-order valence-corrected chi connectivity index (χ4v) is 4.51. The molecule has 1 aromatic carbocycles. The van der Waals surface area contributed by atoms with E-state index in [0.717, 1.165) is 37.3 Å². The van der Waals surface area contributed by atoms with Gasteiger partial charge in [0.1, 0.15) is 17.9 Å². The topological polar surface area (TPSA) is 81.8 Å². The highest BCUT2D eigenvalue weighted by molar-refractivity contribution is 6.09. The van der Waals surface area contributed by atoms with E-state index >= 15 is 0 Å². The average molecular weight is 425 g/mol. The van der Waals surface area contributed by atoms with E-state index in [4.69, 9.17) is 0 Å². The molecule has 3 fully saturated rings. The van der Waals surface area contributed by atoms with E-state index in [9.17, 15) is 18.8 Å². The van der Waals surface area contributed by atoms with Crippen LogP contribution in [0, 0.1) is 11.2 Å². The molecule has 1 unspecified atom stereocenters. The van der Waals surface area contributed by atoms with Crippen molar-refractivity contribution in [3.8, 4) is 0 Å². The normalized spacial score (nSPS) is 25.9. The van der Waals surface area contributed by atoms with E-state index in [2.05, 4.69) is 10.6 Å². The predicted molar refractivity (Wildman–Crippen MR) is 107 cm³/mol. The minimum Gasteiger partial charge on any atom is -0.341 e. The van der Waals surface area contributed by atoms with Crippen molar-refractivity contribution in [1.82, 2.24) is 20.4 Å². The van der Waals surface area contributed by atoms with Crippen LogP contribution in [0.25, 0.3) is 0 Å². The third-order valence-electron chi connectivity index (χ3n) is 6.50. The van der Waals surface area contributed by atoms with Gasteiger partial charge in [0.15, 0.2) is 0 Å². The fraction of sp³-hybridized carbons (Fsp3) is 0.550. The van der Waals surface area contributed by atoms with Crippen LogP contribution in [0.4, 0.5) is 9.18 Å². The molecule has 4 rings (SSSR count). The molecule has 3 aliphatic heterocycles. The molecule has 0 radical (unpaired) electrons. The summed E-state index contributed by atoms with van der Waals surface area (Å²) in [5.41, 5.74) is -0.526. The Morgan fingerprint density at radius 3 is 2.38 bits per heavy atom.